The van der Waals surface area contributed by atoms with Crippen molar-refractivity contribution >= 4 is 92.1 Å². The lowest BCUT2D eigenvalue weighted by Crippen LogP contribution is -2.74. The summed E-state index contributed by atoms with van der Waals surface area (Å²) in [6.45, 7) is 0. The number of rotatable bonds is 6. The van der Waals surface area contributed by atoms with Gasteiger partial charge in [-0.1, -0.05) is 140 Å². The van der Waals surface area contributed by atoms with Crippen molar-refractivity contribution < 1.29 is 0 Å². The number of fused-ring (bicyclic) bond motifs is 6. The summed E-state index contributed by atoms with van der Waals surface area (Å²) >= 11 is 3.51. The second-order valence-electron chi connectivity index (χ2n) is 13.0. The van der Waals surface area contributed by atoms with Gasteiger partial charge in [-0.05, 0) is 62.2 Å². The van der Waals surface area contributed by atoms with Crippen LogP contribution in [0.4, 0.5) is 0 Å². The molecule has 0 fully saturated rings. The van der Waals surface area contributed by atoms with Crippen molar-refractivity contribution in [2.24, 2.45) is 0 Å². The molecule has 10 aromatic rings. The molecule has 10 rings (SSSR count). The van der Waals surface area contributed by atoms with E-state index in [9.17, 15) is 0 Å². The maximum Gasteiger partial charge on any atom is 0.179 e. The highest BCUT2D eigenvalue weighted by atomic mass is 32.1. The molecule has 51 heavy (non-hydrogen) atoms. The van der Waals surface area contributed by atoms with Gasteiger partial charge in [0.05, 0.1) is 0 Å². The minimum atomic E-state index is -2.83. The van der Waals surface area contributed by atoms with Crippen molar-refractivity contribution in [3.8, 4) is 22.3 Å². The van der Waals surface area contributed by atoms with E-state index in [0.29, 0.717) is 0 Å². The van der Waals surface area contributed by atoms with Crippen LogP contribution in [0.5, 0.6) is 0 Å². The van der Waals surface area contributed by atoms with E-state index >= 15 is 0 Å². The minimum absolute atomic E-state index is 1.07. The Labute approximate surface area is 305 Å². The van der Waals surface area contributed by atoms with Gasteiger partial charge in [0.25, 0.3) is 0 Å². The van der Waals surface area contributed by atoms with Gasteiger partial charge in [-0.3, -0.25) is 0 Å². The van der Waals surface area contributed by atoms with E-state index in [2.05, 4.69) is 182 Å². The third-order valence-corrected chi connectivity index (χ3v) is 17.1. The largest absolute Gasteiger partial charge is 0.245 e. The molecule has 0 aliphatic rings. The first-order valence-corrected chi connectivity index (χ1v) is 20.8. The van der Waals surface area contributed by atoms with Crippen molar-refractivity contribution in [1.29, 1.82) is 0 Å². The number of benzene rings is 6. The molecule has 2 nitrogen and oxygen atoms in total. The van der Waals surface area contributed by atoms with Crippen LogP contribution in [0.25, 0.3) is 62.9 Å². The van der Waals surface area contributed by atoms with Crippen molar-refractivity contribution in [3.63, 3.8) is 0 Å². The van der Waals surface area contributed by atoms with Crippen molar-refractivity contribution in [2.75, 3.05) is 0 Å². The molecule has 4 heterocycles. The Morgan fingerprint density at radius 1 is 0.333 bits per heavy atom. The van der Waals surface area contributed by atoms with E-state index in [1.54, 1.807) is 22.7 Å². The van der Waals surface area contributed by atoms with Crippen LogP contribution >= 0.6 is 22.7 Å². The van der Waals surface area contributed by atoms with E-state index in [4.69, 9.17) is 9.97 Å². The summed E-state index contributed by atoms with van der Waals surface area (Å²) in [5, 5.41) is 10.3. The Kier molecular flexibility index (Phi) is 7.24. The van der Waals surface area contributed by atoms with Gasteiger partial charge in [-0.2, -0.15) is 0 Å². The number of aromatic nitrogens is 2. The number of pyridine rings is 2. The molecule has 0 aliphatic carbocycles. The molecule has 6 aromatic carbocycles. The minimum Gasteiger partial charge on any atom is -0.245 e. The summed E-state index contributed by atoms with van der Waals surface area (Å²) < 4.78 is 2.52. The molecule has 0 unspecified atom stereocenters. The first-order chi connectivity index (χ1) is 25.3. The molecule has 0 bridgehead atoms. The quantitative estimate of drug-likeness (QED) is 0.127. The number of hydrogen-bond acceptors (Lipinski definition) is 4. The summed E-state index contributed by atoms with van der Waals surface area (Å²) in [7, 11) is -2.83. The zero-order valence-electron chi connectivity index (χ0n) is 27.5. The average Bonchev–Trinajstić information content (AvgIpc) is 3.77. The van der Waals surface area contributed by atoms with Crippen LogP contribution in [0.15, 0.2) is 182 Å². The fourth-order valence-corrected chi connectivity index (χ4v) is 14.7. The molecule has 0 radical (unpaired) electrons. The summed E-state index contributed by atoms with van der Waals surface area (Å²) in [5.41, 5.74) is 4.53. The van der Waals surface area contributed by atoms with E-state index in [1.165, 1.54) is 51.7 Å². The zero-order valence-corrected chi connectivity index (χ0v) is 30.2. The molecule has 0 atom stereocenters. The van der Waals surface area contributed by atoms with Gasteiger partial charge in [0.2, 0.25) is 0 Å². The molecular formula is C46H30N2S2Si. The van der Waals surface area contributed by atoms with Gasteiger partial charge < -0.3 is 0 Å². The van der Waals surface area contributed by atoms with Crippen molar-refractivity contribution in [1.82, 2.24) is 9.97 Å². The van der Waals surface area contributed by atoms with Crippen LogP contribution in [0, 0.1) is 0 Å². The lowest BCUT2D eigenvalue weighted by atomic mass is 9.99. The lowest BCUT2D eigenvalue weighted by molar-refractivity contribution is 1.43. The molecule has 0 amide bonds. The van der Waals surface area contributed by atoms with Crippen LogP contribution in [0.1, 0.15) is 0 Å². The van der Waals surface area contributed by atoms with Gasteiger partial charge in [-0.15, -0.1) is 22.7 Å². The Morgan fingerprint density at radius 3 is 1.16 bits per heavy atom. The first kappa shape index (κ1) is 30.1. The average molecular weight is 703 g/mol. The molecule has 240 valence electrons. The zero-order chi connectivity index (χ0) is 33.8. The fourth-order valence-electron chi connectivity index (χ4n) is 7.78. The Hall–Kier alpha value is -5.72. The molecule has 0 saturated heterocycles. The molecule has 0 aliphatic heterocycles. The van der Waals surface area contributed by atoms with Crippen LogP contribution < -0.4 is 20.7 Å². The van der Waals surface area contributed by atoms with Gasteiger partial charge in [0, 0.05) is 54.5 Å². The standard InChI is InChI=1S/C46H30N2S2Si/c1-4-14-35(15-5-1)51(36-16-6-2-7-17-36,37-18-8-3-9-19-37)38-25-31(33-27-41-39-20-10-12-22-43(39)49-45(41)47-29-33)24-32(26-38)34-28-42-40-21-11-13-23-44(40)50-46(42)48-30-34/h1-30H. The number of hydrogen-bond donors (Lipinski definition) is 0. The summed E-state index contributed by atoms with van der Waals surface area (Å²) in [5.74, 6) is 0. The summed E-state index contributed by atoms with van der Waals surface area (Å²) in [6.07, 6.45) is 4.12. The maximum absolute atomic E-state index is 5.05. The highest BCUT2D eigenvalue weighted by Gasteiger charge is 2.41. The molecule has 0 saturated carbocycles. The normalized spacial score (nSPS) is 11.9. The Balaban J connectivity index is 1.30. The van der Waals surface area contributed by atoms with Crippen molar-refractivity contribution in [2.45, 2.75) is 0 Å². The van der Waals surface area contributed by atoms with Crippen LogP contribution in [-0.4, -0.2) is 18.0 Å². The predicted octanol–water partition coefficient (Wildman–Crippen LogP) is 9.92. The second kappa shape index (κ2) is 12.2. The monoisotopic (exact) mass is 702 g/mol. The highest BCUT2D eigenvalue weighted by molar-refractivity contribution is 7.25. The predicted molar refractivity (Wildman–Crippen MR) is 222 cm³/mol. The topological polar surface area (TPSA) is 25.8 Å². The second-order valence-corrected chi connectivity index (χ2v) is 18.9. The van der Waals surface area contributed by atoms with Gasteiger partial charge in [-0.25, -0.2) is 9.97 Å². The number of nitrogens with zero attached hydrogens (tertiary/aromatic N) is 2. The summed E-state index contributed by atoms with van der Waals surface area (Å²) in [6, 6.07) is 62.7. The molecule has 5 heteroatoms. The Bertz CT molecular complexity index is 2630. The summed E-state index contributed by atoms with van der Waals surface area (Å²) in [4.78, 5) is 12.2. The van der Waals surface area contributed by atoms with Crippen LogP contribution in [0.2, 0.25) is 0 Å². The number of thiophene rings is 2. The molecule has 0 N–H and O–H groups in total. The smallest absolute Gasteiger partial charge is 0.179 e. The molecular weight excluding hydrogens is 673 g/mol. The maximum atomic E-state index is 5.05. The third kappa shape index (κ3) is 4.96. The van der Waals surface area contributed by atoms with Gasteiger partial charge in [0.1, 0.15) is 9.66 Å². The molecule has 0 spiro atoms. The van der Waals surface area contributed by atoms with E-state index in [1.807, 2.05) is 0 Å². The SMILES string of the molecule is c1ccc([Si](c2ccccc2)(c2ccccc2)c2cc(-c3cnc4sc5ccccc5c4c3)cc(-c3cnc4sc5ccccc5c4c3)c2)cc1. The van der Waals surface area contributed by atoms with Crippen molar-refractivity contribution in [3.05, 3.63) is 182 Å². The Morgan fingerprint density at radius 2 is 0.725 bits per heavy atom. The van der Waals surface area contributed by atoms with E-state index in [0.717, 1.165) is 31.9 Å². The first-order valence-electron chi connectivity index (χ1n) is 17.1. The van der Waals surface area contributed by atoms with Crippen LogP contribution in [-0.2, 0) is 0 Å². The van der Waals surface area contributed by atoms with Gasteiger partial charge in [0.15, 0.2) is 8.07 Å². The van der Waals surface area contributed by atoms with Gasteiger partial charge >= 0.3 is 0 Å². The van der Waals surface area contributed by atoms with E-state index in [-0.39, 0.29) is 0 Å². The highest BCUT2D eigenvalue weighted by Crippen LogP contribution is 2.37. The lowest BCUT2D eigenvalue weighted by Gasteiger charge is -2.35. The van der Waals surface area contributed by atoms with E-state index < -0.39 is 8.07 Å². The molecule has 4 aromatic heterocycles. The van der Waals surface area contributed by atoms with Crippen LogP contribution in [0.3, 0.4) is 0 Å². The third-order valence-electron chi connectivity index (χ3n) is 10.1. The fraction of sp³-hybridized carbons (Fsp3) is 0.